The van der Waals surface area contributed by atoms with Crippen molar-refractivity contribution in [3.8, 4) is 0 Å². The summed E-state index contributed by atoms with van der Waals surface area (Å²) in [6, 6.07) is 0. The maximum absolute atomic E-state index is 11.7. The van der Waals surface area contributed by atoms with Crippen LogP contribution in [0.1, 0.15) is 6.42 Å². The number of hydrogen-bond acceptors (Lipinski definition) is 2. The van der Waals surface area contributed by atoms with Crippen LogP contribution in [-0.4, -0.2) is 5.97 Å². The van der Waals surface area contributed by atoms with Crippen molar-refractivity contribution in [2.45, 2.75) is 6.42 Å². The summed E-state index contributed by atoms with van der Waals surface area (Å²) in [7, 11) is 0. The van der Waals surface area contributed by atoms with Gasteiger partial charge in [0.25, 0.3) is 0 Å². The number of halogens is 1. The fraction of sp³-hybridized carbons (Fsp3) is 0.250. The molecule has 0 N–H and O–H groups in total. The van der Waals surface area contributed by atoms with Gasteiger partial charge in [-0.25, -0.2) is 4.39 Å². The fourth-order valence-electron chi connectivity index (χ4n) is 0.351. The molecule has 0 aromatic carbocycles. The first kappa shape index (κ1) is 4.30. The van der Waals surface area contributed by atoms with Crippen LogP contribution in [-0.2, 0) is 9.53 Å². The quantitative estimate of drug-likeness (QED) is 0.422. The molecule has 3 heteroatoms. The van der Waals surface area contributed by atoms with Crippen LogP contribution in [0.25, 0.3) is 0 Å². The number of esters is 1. The molecular weight excluding hydrogens is 99.0 g/mol. The molecule has 0 fully saturated rings. The lowest BCUT2D eigenvalue weighted by atomic mass is 10.4. The van der Waals surface area contributed by atoms with Gasteiger partial charge in [0, 0.05) is 0 Å². The van der Waals surface area contributed by atoms with Crippen LogP contribution in [0.4, 0.5) is 4.39 Å². The van der Waals surface area contributed by atoms with Crippen LogP contribution in [0.3, 0.4) is 0 Å². The summed E-state index contributed by atoms with van der Waals surface area (Å²) in [6.45, 7) is 0. The molecule has 1 heterocycles. The average Bonchev–Trinajstić information content (AvgIpc) is 1.87. The van der Waals surface area contributed by atoms with E-state index in [1.165, 1.54) is 0 Å². The molecule has 0 aromatic rings. The minimum Gasteiger partial charge on any atom is -0.431 e. The SMILES string of the molecule is O=C1CC(F)=CO1. The van der Waals surface area contributed by atoms with E-state index in [1.807, 2.05) is 0 Å². The minimum absolute atomic E-state index is 0.194. The molecule has 1 aliphatic rings. The third-order valence-corrected chi connectivity index (χ3v) is 0.631. The molecule has 38 valence electrons. The Bertz CT molecular complexity index is 128. The topological polar surface area (TPSA) is 26.3 Å². The van der Waals surface area contributed by atoms with Crippen LogP contribution >= 0.6 is 0 Å². The van der Waals surface area contributed by atoms with Crippen molar-refractivity contribution in [3.63, 3.8) is 0 Å². The molecule has 1 rings (SSSR count). The predicted octanol–water partition coefficient (Wildman–Crippen LogP) is 0.744. The Morgan fingerprint density at radius 1 is 1.86 bits per heavy atom. The van der Waals surface area contributed by atoms with E-state index < -0.39 is 11.8 Å². The van der Waals surface area contributed by atoms with Gasteiger partial charge in [-0.3, -0.25) is 4.79 Å². The lowest BCUT2D eigenvalue weighted by Crippen LogP contribution is -1.88. The summed E-state index contributed by atoms with van der Waals surface area (Å²) in [6.07, 6.45) is 0.627. The Morgan fingerprint density at radius 2 is 2.57 bits per heavy atom. The van der Waals surface area contributed by atoms with Crippen molar-refractivity contribution in [2.75, 3.05) is 0 Å². The molecule has 0 saturated heterocycles. The van der Waals surface area contributed by atoms with Crippen molar-refractivity contribution in [1.82, 2.24) is 0 Å². The minimum atomic E-state index is -0.516. The Balaban J connectivity index is 2.58. The fourth-order valence-corrected chi connectivity index (χ4v) is 0.351. The van der Waals surface area contributed by atoms with E-state index in [0.29, 0.717) is 0 Å². The van der Waals surface area contributed by atoms with E-state index >= 15 is 0 Å². The molecule has 0 spiro atoms. The van der Waals surface area contributed by atoms with Gasteiger partial charge in [0.1, 0.15) is 18.5 Å². The van der Waals surface area contributed by atoms with Gasteiger partial charge < -0.3 is 4.74 Å². The van der Waals surface area contributed by atoms with E-state index in [2.05, 4.69) is 4.74 Å². The summed E-state index contributed by atoms with van der Waals surface area (Å²) in [5, 5.41) is 0. The van der Waals surface area contributed by atoms with E-state index in [0.717, 1.165) is 6.26 Å². The van der Waals surface area contributed by atoms with Gasteiger partial charge in [0.15, 0.2) is 0 Å². The third kappa shape index (κ3) is 0.765. The van der Waals surface area contributed by atoms with Crippen LogP contribution < -0.4 is 0 Å². The first-order valence-corrected chi connectivity index (χ1v) is 1.83. The van der Waals surface area contributed by atoms with Gasteiger partial charge in [-0.2, -0.15) is 0 Å². The highest BCUT2D eigenvalue weighted by molar-refractivity contribution is 5.74. The van der Waals surface area contributed by atoms with Crippen LogP contribution in [0.2, 0.25) is 0 Å². The molecule has 1 aliphatic heterocycles. The maximum Gasteiger partial charge on any atom is 0.317 e. The second-order valence-corrected chi connectivity index (χ2v) is 1.23. The van der Waals surface area contributed by atoms with Crippen molar-refractivity contribution in [1.29, 1.82) is 0 Å². The first-order chi connectivity index (χ1) is 3.29. The zero-order valence-electron chi connectivity index (χ0n) is 3.48. The van der Waals surface area contributed by atoms with Gasteiger partial charge in [0.2, 0.25) is 0 Å². The zero-order chi connectivity index (χ0) is 5.28. The van der Waals surface area contributed by atoms with Gasteiger partial charge in [-0.15, -0.1) is 0 Å². The molecule has 7 heavy (non-hydrogen) atoms. The monoisotopic (exact) mass is 102 g/mol. The third-order valence-electron chi connectivity index (χ3n) is 0.631. The van der Waals surface area contributed by atoms with Crippen molar-refractivity contribution < 1.29 is 13.9 Å². The van der Waals surface area contributed by atoms with E-state index in [1.54, 1.807) is 0 Å². The average molecular weight is 102 g/mol. The Morgan fingerprint density at radius 3 is 2.71 bits per heavy atom. The number of rotatable bonds is 0. The van der Waals surface area contributed by atoms with E-state index in [9.17, 15) is 9.18 Å². The Kier molecular flexibility index (Phi) is 0.817. The largest absolute Gasteiger partial charge is 0.431 e. The summed E-state index contributed by atoms with van der Waals surface area (Å²) >= 11 is 0. The lowest BCUT2D eigenvalue weighted by Gasteiger charge is -1.78. The van der Waals surface area contributed by atoms with Gasteiger partial charge >= 0.3 is 5.97 Å². The molecule has 0 aromatic heterocycles. The second kappa shape index (κ2) is 1.33. The normalized spacial score (nSPS) is 19.0. The summed E-state index contributed by atoms with van der Waals surface area (Å²) in [4.78, 5) is 9.94. The molecule has 0 aliphatic carbocycles. The smallest absolute Gasteiger partial charge is 0.317 e. The standard InChI is InChI=1S/C4H3FO2/c5-3-1-4(6)7-2-3/h2H,1H2. The summed E-state index contributed by atoms with van der Waals surface area (Å²) in [5.74, 6) is -1.01. The summed E-state index contributed by atoms with van der Waals surface area (Å²) in [5.41, 5.74) is 0. The second-order valence-electron chi connectivity index (χ2n) is 1.23. The lowest BCUT2D eigenvalue weighted by molar-refractivity contribution is -0.135. The summed E-state index contributed by atoms with van der Waals surface area (Å²) < 4.78 is 15.8. The Hall–Kier alpha value is -0.860. The zero-order valence-corrected chi connectivity index (χ0v) is 3.48. The van der Waals surface area contributed by atoms with Crippen molar-refractivity contribution >= 4 is 5.97 Å². The van der Waals surface area contributed by atoms with Crippen molar-refractivity contribution in [3.05, 3.63) is 12.1 Å². The van der Waals surface area contributed by atoms with Gasteiger partial charge in [-0.1, -0.05) is 0 Å². The highest BCUT2D eigenvalue weighted by Gasteiger charge is 2.12. The number of cyclic esters (lactones) is 1. The van der Waals surface area contributed by atoms with E-state index in [-0.39, 0.29) is 6.42 Å². The maximum atomic E-state index is 11.7. The van der Waals surface area contributed by atoms with Gasteiger partial charge in [0.05, 0.1) is 0 Å². The molecular formula is C4H3FO2. The molecule has 0 bridgehead atoms. The number of carbonyl (C=O) groups excluding carboxylic acids is 1. The predicted molar refractivity (Wildman–Crippen MR) is 19.9 cm³/mol. The highest BCUT2D eigenvalue weighted by atomic mass is 19.1. The van der Waals surface area contributed by atoms with E-state index in [4.69, 9.17) is 0 Å². The van der Waals surface area contributed by atoms with Crippen LogP contribution in [0, 0.1) is 0 Å². The van der Waals surface area contributed by atoms with Crippen LogP contribution in [0.15, 0.2) is 12.1 Å². The van der Waals surface area contributed by atoms with Crippen molar-refractivity contribution in [2.24, 2.45) is 0 Å². The number of ether oxygens (including phenoxy) is 1. The number of carbonyl (C=O) groups is 1. The van der Waals surface area contributed by atoms with Gasteiger partial charge in [-0.05, 0) is 0 Å². The molecule has 2 nitrogen and oxygen atoms in total. The molecule has 0 amide bonds. The molecule has 0 radical (unpaired) electrons. The molecule has 0 atom stereocenters. The Labute approximate surface area is 39.6 Å². The highest BCUT2D eigenvalue weighted by Crippen LogP contribution is 2.11. The molecule has 0 saturated carbocycles. The van der Waals surface area contributed by atoms with Crippen LogP contribution in [0.5, 0.6) is 0 Å². The molecule has 0 unspecified atom stereocenters. The first-order valence-electron chi connectivity index (χ1n) is 1.83. The number of hydrogen-bond donors (Lipinski definition) is 0.